The maximum Gasteiger partial charge on any atom is 0.247 e. The molecule has 0 fully saturated rings. The number of rotatable bonds is 7. The van der Waals surface area contributed by atoms with E-state index in [4.69, 9.17) is 13.9 Å². The molecule has 3 rings (SSSR count). The second kappa shape index (κ2) is 7.72. The highest BCUT2D eigenvalue weighted by Gasteiger charge is 2.21. The summed E-state index contributed by atoms with van der Waals surface area (Å²) in [6, 6.07) is 9.92. The molecule has 1 heterocycles. The van der Waals surface area contributed by atoms with E-state index in [1.807, 2.05) is 0 Å². The van der Waals surface area contributed by atoms with Crippen LogP contribution in [-0.4, -0.2) is 32.8 Å². The van der Waals surface area contributed by atoms with Crippen molar-refractivity contribution in [3.05, 3.63) is 54.2 Å². The van der Waals surface area contributed by atoms with E-state index < -0.39 is 15.8 Å². The summed E-state index contributed by atoms with van der Waals surface area (Å²) in [5, 5.41) is 7.63. The van der Waals surface area contributed by atoms with Crippen molar-refractivity contribution in [1.82, 2.24) is 14.9 Å². The Morgan fingerprint density at radius 3 is 2.48 bits per heavy atom. The topological polar surface area (TPSA) is 104 Å². The van der Waals surface area contributed by atoms with E-state index in [9.17, 15) is 12.8 Å². The molecule has 0 unspecified atom stereocenters. The molecule has 0 bridgehead atoms. The van der Waals surface area contributed by atoms with Crippen LogP contribution in [0.2, 0.25) is 0 Å². The van der Waals surface area contributed by atoms with Crippen LogP contribution in [0, 0.1) is 5.82 Å². The van der Waals surface area contributed by atoms with E-state index in [1.165, 1.54) is 50.6 Å². The molecule has 0 aliphatic rings. The first-order valence-electron chi connectivity index (χ1n) is 7.73. The average Bonchev–Trinajstić information content (AvgIpc) is 3.15. The van der Waals surface area contributed by atoms with Crippen molar-refractivity contribution in [2.45, 2.75) is 11.4 Å². The SMILES string of the molecule is COc1ccc(OC)c(S(=O)(=O)NCc2nnc(-c3ccc(F)cc3)o2)c1. The van der Waals surface area contributed by atoms with Crippen LogP contribution in [0.1, 0.15) is 5.89 Å². The molecular formula is C17H16FN3O5S. The molecule has 0 saturated carbocycles. The molecule has 1 aromatic heterocycles. The molecule has 142 valence electrons. The third-order valence-electron chi connectivity index (χ3n) is 3.63. The highest BCUT2D eigenvalue weighted by atomic mass is 32.2. The number of halogens is 1. The lowest BCUT2D eigenvalue weighted by Crippen LogP contribution is -2.24. The second-order valence-corrected chi connectivity index (χ2v) is 7.08. The van der Waals surface area contributed by atoms with Gasteiger partial charge in [0.2, 0.25) is 21.8 Å². The van der Waals surface area contributed by atoms with Gasteiger partial charge in [-0.25, -0.2) is 17.5 Å². The quantitative estimate of drug-likeness (QED) is 0.657. The van der Waals surface area contributed by atoms with Gasteiger partial charge in [-0.05, 0) is 36.4 Å². The van der Waals surface area contributed by atoms with Crippen LogP contribution in [0.3, 0.4) is 0 Å². The normalized spacial score (nSPS) is 11.4. The predicted molar refractivity (Wildman–Crippen MR) is 93.3 cm³/mol. The van der Waals surface area contributed by atoms with Crippen LogP contribution in [-0.2, 0) is 16.6 Å². The molecule has 0 aliphatic carbocycles. The Hall–Kier alpha value is -2.98. The number of hydrogen-bond donors (Lipinski definition) is 1. The number of nitrogens with one attached hydrogen (secondary N) is 1. The van der Waals surface area contributed by atoms with Crippen LogP contribution in [0.25, 0.3) is 11.5 Å². The van der Waals surface area contributed by atoms with Crippen LogP contribution in [0.15, 0.2) is 51.8 Å². The molecule has 3 aromatic rings. The number of hydrogen-bond acceptors (Lipinski definition) is 7. The van der Waals surface area contributed by atoms with Crippen molar-refractivity contribution in [2.24, 2.45) is 0 Å². The summed E-state index contributed by atoms with van der Waals surface area (Å²) in [4.78, 5) is -0.0809. The first-order chi connectivity index (χ1) is 12.9. The third-order valence-corrected chi connectivity index (χ3v) is 5.05. The van der Waals surface area contributed by atoms with Gasteiger partial charge in [0.05, 0.1) is 20.8 Å². The first kappa shape index (κ1) is 18.8. The van der Waals surface area contributed by atoms with Crippen LogP contribution in [0.4, 0.5) is 4.39 Å². The van der Waals surface area contributed by atoms with E-state index in [0.717, 1.165) is 0 Å². The van der Waals surface area contributed by atoms with Crippen molar-refractivity contribution in [3.63, 3.8) is 0 Å². The minimum Gasteiger partial charge on any atom is -0.497 e. The third kappa shape index (κ3) is 4.23. The van der Waals surface area contributed by atoms with Gasteiger partial charge in [-0.2, -0.15) is 0 Å². The molecule has 0 amide bonds. The molecule has 10 heteroatoms. The zero-order valence-corrected chi connectivity index (χ0v) is 15.3. The Balaban J connectivity index is 1.77. The molecule has 0 saturated heterocycles. The Kier molecular flexibility index (Phi) is 5.38. The molecular weight excluding hydrogens is 377 g/mol. The number of nitrogens with zero attached hydrogens (tertiary/aromatic N) is 2. The lowest BCUT2D eigenvalue weighted by atomic mass is 10.2. The minimum absolute atomic E-state index is 0.0553. The highest BCUT2D eigenvalue weighted by Crippen LogP contribution is 2.28. The fourth-order valence-corrected chi connectivity index (χ4v) is 3.42. The fourth-order valence-electron chi connectivity index (χ4n) is 2.26. The van der Waals surface area contributed by atoms with Gasteiger partial charge in [-0.15, -0.1) is 10.2 Å². The standard InChI is InChI=1S/C17H16FN3O5S/c1-24-13-7-8-14(25-2)15(9-13)27(22,23)19-10-16-20-21-17(26-16)11-3-5-12(18)6-4-11/h3-9,19H,10H2,1-2H3. The van der Waals surface area contributed by atoms with Gasteiger partial charge in [0.15, 0.2) is 0 Å². The van der Waals surface area contributed by atoms with Crippen LogP contribution < -0.4 is 14.2 Å². The van der Waals surface area contributed by atoms with Crippen molar-refractivity contribution in [1.29, 1.82) is 0 Å². The Morgan fingerprint density at radius 1 is 1.07 bits per heavy atom. The van der Waals surface area contributed by atoms with Crippen molar-refractivity contribution in [2.75, 3.05) is 14.2 Å². The Labute approximate surface area is 155 Å². The molecule has 0 spiro atoms. The van der Waals surface area contributed by atoms with Gasteiger partial charge >= 0.3 is 0 Å². The molecule has 0 atom stereocenters. The van der Waals surface area contributed by atoms with Crippen LogP contribution in [0.5, 0.6) is 11.5 Å². The number of ether oxygens (including phenoxy) is 2. The van der Waals surface area contributed by atoms with Crippen molar-refractivity contribution >= 4 is 10.0 Å². The maximum atomic E-state index is 13.0. The number of methoxy groups -OCH3 is 2. The highest BCUT2D eigenvalue weighted by molar-refractivity contribution is 7.89. The van der Waals surface area contributed by atoms with Crippen molar-refractivity contribution in [3.8, 4) is 23.0 Å². The number of aromatic nitrogens is 2. The van der Waals surface area contributed by atoms with Gasteiger partial charge in [0, 0.05) is 11.6 Å². The zero-order chi connectivity index (χ0) is 19.4. The summed E-state index contributed by atoms with van der Waals surface area (Å²) >= 11 is 0. The second-order valence-electron chi connectivity index (χ2n) is 5.35. The smallest absolute Gasteiger partial charge is 0.247 e. The molecule has 27 heavy (non-hydrogen) atoms. The van der Waals surface area contributed by atoms with Gasteiger partial charge in [-0.3, -0.25) is 0 Å². The minimum atomic E-state index is -3.93. The van der Waals surface area contributed by atoms with E-state index in [1.54, 1.807) is 6.07 Å². The molecule has 0 aliphatic heterocycles. The summed E-state index contributed by atoms with van der Waals surface area (Å²) in [6.45, 7) is -0.225. The predicted octanol–water partition coefficient (Wildman–Crippen LogP) is 2.37. The lowest BCUT2D eigenvalue weighted by molar-refractivity contribution is 0.391. The van der Waals surface area contributed by atoms with E-state index in [0.29, 0.717) is 11.3 Å². The van der Waals surface area contributed by atoms with Gasteiger partial charge in [0.25, 0.3) is 0 Å². The van der Waals surface area contributed by atoms with E-state index in [2.05, 4.69) is 14.9 Å². The van der Waals surface area contributed by atoms with E-state index >= 15 is 0 Å². The molecule has 0 radical (unpaired) electrons. The lowest BCUT2D eigenvalue weighted by Gasteiger charge is -2.11. The summed E-state index contributed by atoms with van der Waals surface area (Å²) in [7, 11) is -1.13. The number of benzene rings is 2. The zero-order valence-electron chi connectivity index (χ0n) is 14.5. The molecule has 1 N–H and O–H groups in total. The molecule has 2 aromatic carbocycles. The van der Waals surface area contributed by atoms with E-state index in [-0.39, 0.29) is 29.0 Å². The monoisotopic (exact) mass is 393 g/mol. The summed E-state index contributed by atoms with van der Waals surface area (Å²) in [6.07, 6.45) is 0. The molecule has 8 nitrogen and oxygen atoms in total. The van der Waals surface area contributed by atoms with Crippen LogP contribution >= 0.6 is 0 Å². The maximum absolute atomic E-state index is 13.0. The summed E-state index contributed by atoms with van der Waals surface area (Å²) in [5.74, 6) is 0.356. The summed E-state index contributed by atoms with van der Waals surface area (Å²) in [5.41, 5.74) is 0.521. The summed E-state index contributed by atoms with van der Waals surface area (Å²) < 4.78 is 56.1. The van der Waals surface area contributed by atoms with Gasteiger partial charge in [0.1, 0.15) is 22.2 Å². The Bertz CT molecular complexity index is 1030. The van der Waals surface area contributed by atoms with Gasteiger partial charge < -0.3 is 13.9 Å². The fraction of sp³-hybridized carbons (Fsp3) is 0.176. The Morgan fingerprint density at radius 2 is 1.81 bits per heavy atom. The average molecular weight is 393 g/mol. The largest absolute Gasteiger partial charge is 0.497 e. The first-order valence-corrected chi connectivity index (χ1v) is 9.21. The number of sulfonamides is 1. The van der Waals surface area contributed by atoms with Crippen molar-refractivity contribution < 1.29 is 26.7 Å². The van der Waals surface area contributed by atoms with Gasteiger partial charge in [-0.1, -0.05) is 0 Å².